The highest BCUT2D eigenvalue weighted by molar-refractivity contribution is 7.15. The molecule has 0 aliphatic carbocycles. The smallest absolute Gasteiger partial charge is 0.161 e. The van der Waals surface area contributed by atoms with Crippen LogP contribution in [0.2, 0.25) is 0 Å². The van der Waals surface area contributed by atoms with Crippen molar-refractivity contribution in [3.8, 4) is 22.0 Å². The zero-order valence-electron chi connectivity index (χ0n) is 19.5. The topological polar surface area (TPSA) is 86.4 Å². The van der Waals surface area contributed by atoms with Gasteiger partial charge in [0.25, 0.3) is 0 Å². The number of likely N-dealkylation sites (N-methyl/N-ethyl adjacent to an activating group) is 1. The third-order valence-electron chi connectivity index (χ3n) is 5.67. The Morgan fingerprint density at radius 2 is 1.91 bits per heavy atom. The molecular weight excluding hydrogens is 442 g/mol. The molecule has 0 amide bonds. The summed E-state index contributed by atoms with van der Waals surface area (Å²) in [6.45, 7) is 8.02. The van der Waals surface area contributed by atoms with Gasteiger partial charge in [0, 0.05) is 41.3 Å². The molecule has 0 aromatic carbocycles. The van der Waals surface area contributed by atoms with Crippen LogP contribution in [-0.4, -0.2) is 49.1 Å². The number of hydrogen-bond acceptors (Lipinski definition) is 6. The van der Waals surface area contributed by atoms with Gasteiger partial charge in [0.2, 0.25) is 0 Å². The summed E-state index contributed by atoms with van der Waals surface area (Å²) in [5.41, 5.74) is 7.89. The van der Waals surface area contributed by atoms with Gasteiger partial charge in [-0.25, -0.2) is 9.97 Å². The molecule has 7 nitrogen and oxygen atoms in total. The van der Waals surface area contributed by atoms with Gasteiger partial charge in [0.05, 0.1) is 22.9 Å². The van der Waals surface area contributed by atoms with Gasteiger partial charge in [-0.15, -0.1) is 11.3 Å². The van der Waals surface area contributed by atoms with Gasteiger partial charge in [0.1, 0.15) is 11.0 Å². The molecule has 0 saturated heterocycles. The molecule has 5 heterocycles. The van der Waals surface area contributed by atoms with E-state index in [0.717, 1.165) is 49.5 Å². The van der Waals surface area contributed by atoms with Crippen LogP contribution in [0.15, 0.2) is 67.2 Å². The van der Waals surface area contributed by atoms with Crippen LogP contribution >= 0.6 is 11.3 Å². The van der Waals surface area contributed by atoms with Gasteiger partial charge in [0.15, 0.2) is 11.5 Å². The van der Waals surface area contributed by atoms with Gasteiger partial charge in [-0.1, -0.05) is 12.7 Å². The zero-order chi connectivity index (χ0) is 23.8. The molecule has 5 aromatic rings. The summed E-state index contributed by atoms with van der Waals surface area (Å²) in [4.78, 5) is 22.1. The molecule has 0 atom stereocenters. The Kier molecular flexibility index (Phi) is 5.59. The number of nitrogens with zero attached hydrogens (tertiary/aromatic N) is 5. The number of allylic oxidation sites excluding steroid dienone is 4. The Bertz CT molecular complexity index is 1580. The number of aromatic amines is 2. The second-order valence-corrected chi connectivity index (χ2v) is 9.44. The van der Waals surface area contributed by atoms with Crippen molar-refractivity contribution in [3.63, 3.8) is 0 Å². The Balaban J connectivity index is 1.62. The van der Waals surface area contributed by atoms with Crippen LogP contribution in [0.5, 0.6) is 0 Å². The van der Waals surface area contributed by atoms with Crippen molar-refractivity contribution < 1.29 is 0 Å². The van der Waals surface area contributed by atoms with Gasteiger partial charge in [-0.05, 0) is 55.8 Å². The lowest BCUT2D eigenvalue weighted by Gasteiger charge is -2.14. The van der Waals surface area contributed by atoms with Crippen LogP contribution in [-0.2, 0) is 0 Å². The molecule has 5 aromatic heterocycles. The first-order chi connectivity index (χ1) is 16.5. The van der Waals surface area contributed by atoms with E-state index in [4.69, 9.17) is 9.97 Å². The maximum absolute atomic E-state index is 4.95. The number of hydrogen-bond donors (Lipinski definition) is 2. The fourth-order valence-electron chi connectivity index (χ4n) is 3.86. The molecule has 0 aliphatic rings. The molecule has 0 fully saturated rings. The van der Waals surface area contributed by atoms with E-state index in [1.54, 1.807) is 17.5 Å². The molecule has 34 heavy (non-hydrogen) atoms. The van der Waals surface area contributed by atoms with Crippen molar-refractivity contribution in [3.05, 3.63) is 77.7 Å². The molecule has 0 unspecified atom stereocenters. The van der Waals surface area contributed by atoms with Crippen molar-refractivity contribution in [2.75, 3.05) is 14.1 Å². The van der Waals surface area contributed by atoms with Crippen LogP contribution in [0.25, 0.3) is 49.6 Å². The van der Waals surface area contributed by atoms with Gasteiger partial charge < -0.3 is 9.88 Å². The monoisotopic (exact) mass is 467 g/mol. The summed E-state index contributed by atoms with van der Waals surface area (Å²) in [5, 5.41) is 7.63. The van der Waals surface area contributed by atoms with Gasteiger partial charge >= 0.3 is 0 Å². The van der Waals surface area contributed by atoms with Crippen molar-refractivity contribution in [2.24, 2.45) is 0 Å². The Morgan fingerprint density at radius 3 is 2.62 bits per heavy atom. The van der Waals surface area contributed by atoms with Crippen molar-refractivity contribution in [2.45, 2.75) is 13.8 Å². The maximum atomic E-state index is 4.95. The normalized spacial score (nSPS) is 12.6. The second kappa shape index (κ2) is 8.72. The standard InChI is InChI=1S/C26H25N7S/c1-6-16(12-17(7-2)33(4)5)19-9-10-20-24(28-19)25(32-31-20)26-29-21-14-27-13-18(23(21)30-26)22-11-8-15(3)34-22/h6-14H,2H2,1,3-5H3,(H,29,30)(H,31,32)/b16-6+,17-12+. The minimum Gasteiger partial charge on any atom is -0.378 e. The molecule has 8 heteroatoms. The van der Waals surface area contributed by atoms with E-state index < -0.39 is 0 Å². The predicted octanol–water partition coefficient (Wildman–Crippen LogP) is 5.97. The van der Waals surface area contributed by atoms with Crippen molar-refractivity contribution >= 4 is 39.0 Å². The number of aryl methyl sites for hydroxylation is 1. The molecule has 5 rings (SSSR count). The molecular formula is C26H25N7S. The highest BCUT2D eigenvalue weighted by Gasteiger charge is 2.17. The molecule has 170 valence electrons. The third-order valence-corrected chi connectivity index (χ3v) is 6.70. The molecule has 0 saturated carbocycles. The number of thiophene rings is 1. The minimum absolute atomic E-state index is 0.658. The molecule has 0 radical (unpaired) electrons. The first-order valence-corrected chi connectivity index (χ1v) is 11.7. The third kappa shape index (κ3) is 3.82. The summed E-state index contributed by atoms with van der Waals surface area (Å²) < 4.78 is 0. The van der Waals surface area contributed by atoms with Crippen LogP contribution in [0.1, 0.15) is 17.5 Å². The van der Waals surface area contributed by atoms with Crippen molar-refractivity contribution in [1.29, 1.82) is 0 Å². The SMILES string of the molecule is C=C/C(=C\C(=C/C)c1ccc2[nH]nc(-c3nc4c(-c5ccc(C)s5)cncc4[nH]3)c2n1)N(C)C. The summed E-state index contributed by atoms with van der Waals surface area (Å²) in [7, 11) is 3.99. The van der Waals surface area contributed by atoms with Gasteiger partial charge in [-0.3, -0.25) is 10.1 Å². The Morgan fingerprint density at radius 1 is 1.06 bits per heavy atom. The highest BCUT2D eigenvalue weighted by Crippen LogP contribution is 2.34. The van der Waals surface area contributed by atoms with Crippen LogP contribution in [0.4, 0.5) is 0 Å². The number of pyridine rings is 2. The van der Waals surface area contributed by atoms with E-state index in [1.807, 2.05) is 56.4 Å². The van der Waals surface area contributed by atoms with Gasteiger partial charge in [-0.2, -0.15) is 5.10 Å². The molecule has 0 spiro atoms. The lowest BCUT2D eigenvalue weighted by atomic mass is 10.1. The fraction of sp³-hybridized carbons (Fsp3) is 0.154. The molecule has 0 bridgehead atoms. The first kappa shape index (κ1) is 21.8. The quantitative estimate of drug-likeness (QED) is 0.301. The number of rotatable bonds is 6. The maximum Gasteiger partial charge on any atom is 0.161 e. The Labute approximate surface area is 201 Å². The average molecular weight is 468 g/mol. The number of fused-ring (bicyclic) bond motifs is 2. The van der Waals surface area contributed by atoms with Crippen molar-refractivity contribution in [1.82, 2.24) is 35.0 Å². The molecule has 2 N–H and O–H groups in total. The fourth-order valence-corrected chi connectivity index (χ4v) is 4.74. The summed E-state index contributed by atoms with van der Waals surface area (Å²) in [6.07, 6.45) is 9.61. The first-order valence-electron chi connectivity index (χ1n) is 10.9. The van der Waals surface area contributed by atoms with E-state index in [9.17, 15) is 0 Å². The van der Waals surface area contributed by atoms with E-state index >= 15 is 0 Å². The van der Waals surface area contributed by atoms with Crippen LogP contribution in [0.3, 0.4) is 0 Å². The number of H-pyrrole nitrogens is 2. The summed E-state index contributed by atoms with van der Waals surface area (Å²) in [5.74, 6) is 0.658. The van der Waals surface area contributed by atoms with E-state index in [-0.39, 0.29) is 0 Å². The van der Waals surface area contributed by atoms with Crippen LogP contribution < -0.4 is 0 Å². The predicted molar refractivity (Wildman–Crippen MR) is 140 cm³/mol. The lowest BCUT2D eigenvalue weighted by molar-refractivity contribution is 0.530. The summed E-state index contributed by atoms with van der Waals surface area (Å²) in [6, 6.07) is 8.21. The van der Waals surface area contributed by atoms with E-state index in [0.29, 0.717) is 11.5 Å². The molecule has 0 aliphatic heterocycles. The van der Waals surface area contributed by atoms with E-state index in [2.05, 4.69) is 51.9 Å². The highest BCUT2D eigenvalue weighted by atomic mass is 32.1. The minimum atomic E-state index is 0.658. The van der Waals surface area contributed by atoms with Crippen LogP contribution in [0, 0.1) is 6.92 Å². The Hall–Kier alpha value is -4.04. The second-order valence-electron chi connectivity index (χ2n) is 8.16. The van der Waals surface area contributed by atoms with E-state index in [1.165, 1.54) is 4.88 Å². The number of imidazole rings is 1. The lowest BCUT2D eigenvalue weighted by Crippen LogP contribution is -2.09. The zero-order valence-corrected chi connectivity index (χ0v) is 20.4. The number of aromatic nitrogens is 6. The largest absolute Gasteiger partial charge is 0.378 e. The number of nitrogens with one attached hydrogen (secondary N) is 2. The average Bonchev–Trinajstić information content (AvgIpc) is 3.56. The summed E-state index contributed by atoms with van der Waals surface area (Å²) >= 11 is 1.73.